The topological polar surface area (TPSA) is 55.4 Å². The van der Waals surface area contributed by atoms with Crippen LogP contribution < -0.4 is 5.32 Å². The number of nitrogens with one attached hydrogen (secondary N) is 1. The first-order chi connectivity index (χ1) is 9.74. The predicted molar refractivity (Wildman–Crippen MR) is 71.5 cm³/mol. The van der Waals surface area contributed by atoms with E-state index in [0.29, 0.717) is 24.3 Å². The molecule has 1 unspecified atom stereocenters. The number of hydrogen-bond donors (Lipinski definition) is 1. The number of hydrogen-bond acceptors (Lipinski definition) is 4. The molecule has 1 heterocycles. The van der Waals surface area contributed by atoms with E-state index in [9.17, 15) is 22.8 Å². The molecule has 0 aromatic carbocycles. The fourth-order valence-corrected chi connectivity index (χ4v) is 3.72. The van der Waals surface area contributed by atoms with Crippen molar-refractivity contribution in [2.24, 2.45) is 5.92 Å². The fraction of sp³-hybridized carbons (Fsp3) is 0.538. The number of alkyl halides is 3. The molecule has 116 valence electrons. The van der Waals surface area contributed by atoms with Gasteiger partial charge >= 0.3 is 18.1 Å². The fourth-order valence-electron chi connectivity index (χ4n) is 2.33. The van der Waals surface area contributed by atoms with Crippen molar-refractivity contribution in [1.82, 2.24) is 0 Å². The molecule has 2 rings (SSSR count). The minimum atomic E-state index is -4.99. The van der Waals surface area contributed by atoms with Crippen LogP contribution in [0.1, 0.15) is 34.1 Å². The zero-order valence-electron chi connectivity index (χ0n) is 11.5. The molecule has 1 aliphatic rings. The maximum Gasteiger partial charge on any atom is 0.471 e. The van der Waals surface area contributed by atoms with Crippen molar-refractivity contribution in [2.45, 2.75) is 32.4 Å². The zero-order valence-corrected chi connectivity index (χ0v) is 12.3. The lowest BCUT2D eigenvalue weighted by molar-refractivity contribution is -0.167. The van der Waals surface area contributed by atoms with Crippen molar-refractivity contribution < 1.29 is 27.5 Å². The lowest BCUT2D eigenvalue weighted by Gasteiger charge is -2.18. The number of rotatable bonds is 2. The highest BCUT2D eigenvalue weighted by Crippen LogP contribution is 2.40. The van der Waals surface area contributed by atoms with Gasteiger partial charge in [-0.1, -0.05) is 6.92 Å². The maximum atomic E-state index is 12.4. The summed E-state index contributed by atoms with van der Waals surface area (Å²) in [5, 5.41) is 1.71. The molecule has 0 aliphatic heterocycles. The van der Waals surface area contributed by atoms with Crippen molar-refractivity contribution >= 4 is 28.2 Å². The minimum Gasteiger partial charge on any atom is -0.465 e. The van der Waals surface area contributed by atoms with Crippen LogP contribution in [0.25, 0.3) is 0 Å². The molecule has 1 aromatic heterocycles. The molecule has 1 aromatic rings. The van der Waals surface area contributed by atoms with Gasteiger partial charge in [0, 0.05) is 4.88 Å². The molecule has 0 spiro atoms. The lowest BCUT2D eigenvalue weighted by Crippen LogP contribution is -2.30. The van der Waals surface area contributed by atoms with Crippen LogP contribution in [0, 0.1) is 5.92 Å². The molecular formula is C13H14F3NO3S. The van der Waals surface area contributed by atoms with Crippen molar-refractivity contribution in [1.29, 1.82) is 0 Å². The maximum absolute atomic E-state index is 12.4. The first kappa shape index (κ1) is 15.8. The van der Waals surface area contributed by atoms with Crippen LogP contribution >= 0.6 is 11.3 Å². The molecule has 0 saturated carbocycles. The number of amides is 1. The molecule has 8 heteroatoms. The van der Waals surface area contributed by atoms with E-state index in [1.165, 1.54) is 0 Å². The minimum absolute atomic E-state index is 0.0574. The Labute approximate surface area is 123 Å². The van der Waals surface area contributed by atoms with E-state index in [4.69, 9.17) is 0 Å². The van der Waals surface area contributed by atoms with Gasteiger partial charge in [-0.05, 0) is 30.7 Å². The Kier molecular flexibility index (Phi) is 4.27. The number of carbonyl (C=O) groups excluding carboxylic acids is 2. The van der Waals surface area contributed by atoms with Gasteiger partial charge in [-0.25, -0.2) is 4.79 Å². The Morgan fingerprint density at radius 1 is 1.38 bits per heavy atom. The van der Waals surface area contributed by atoms with E-state index >= 15 is 0 Å². The number of halogens is 3. The summed E-state index contributed by atoms with van der Waals surface area (Å²) in [5.74, 6) is -2.41. The molecular weight excluding hydrogens is 307 g/mol. The van der Waals surface area contributed by atoms with Gasteiger partial charge in [-0.15, -0.1) is 11.3 Å². The van der Waals surface area contributed by atoms with Gasteiger partial charge in [0.05, 0.1) is 12.7 Å². The van der Waals surface area contributed by atoms with E-state index in [1.54, 1.807) is 5.32 Å². The van der Waals surface area contributed by atoms with Crippen molar-refractivity contribution in [3.05, 3.63) is 16.0 Å². The van der Waals surface area contributed by atoms with Crippen LogP contribution in [0.2, 0.25) is 0 Å². The zero-order chi connectivity index (χ0) is 15.8. The van der Waals surface area contributed by atoms with Gasteiger partial charge in [-0.3, -0.25) is 4.79 Å². The van der Waals surface area contributed by atoms with Crippen LogP contribution in [0.4, 0.5) is 18.2 Å². The summed E-state index contributed by atoms with van der Waals surface area (Å²) in [6.07, 6.45) is -2.86. The van der Waals surface area contributed by atoms with Crippen molar-refractivity contribution in [2.75, 3.05) is 12.4 Å². The summed E-state index contributed by atoms with van der Waals surface area (Å²) in [5.41, 5.74) is 0.754. The Morgan fingerprint density at radius 2 is 2.05 bits per heavy atom. The molecule has 1 amide bonds. The van der Waals surface area contributed by atoms with Gasteiger partial charge in [-0.2, -0.15) is 13.2 Å². The van der Waals surface area contributed by atoms with Gasteiger partial charge in [0.25, 0.3) is 0 Å². The summed E-state index contributed by atoms with van der Waals surface area (Å²) in [4.78, 5) is 23.8. The number of thiophene rings is 1. The van der Waals surface area contributed by atoms with E-state index in [2.05, 4.69) is 4.74 Å². The van der Waals surface area contributed by atoms with Crippen LogP contribution in [0.15, 0.2) is 0 Å². The molecule has 0 radical (unpaired) electrons. The van der Waals surface area contributed by atoms with E-state index in [1.807, 2.05) is 6.92 Å². The quantitative estimate of drug-likeness (QED) is 0.851. The van der Waals surface area contributed by atoms with E-state index in [-0.39, 0.29) is 10.6 Å². The second-order valence-corrected chi connectivity index (χ2v) is 6.10. The molecule has 1 N–H and O–H groups in total. The van der Waals surface area contributed by atoms with Crippen LogP contribution in [-0.4, -0.2) is 25.2 Å². The Morgan fingerprint density at radius 3 is 2.62 bits per heavy atom. The first-order valence-corrected chi connectivity index (χ1v) is 7.16. The predicted octanol–water partition coefficient (Wildman–Crippen LogP) is 3.16. The smallest absolute Gasteiger partial charge is 0.465 e. The number of methoxy groups -OCH3 is 1. The summed E-state index contributed by atoms with van der Waals surface area (Å²) in [6, 6.07) is 0. The molecule has 0 bridgehead atoms. The van der Waals surface area contributed by atoms with Crippen LogP contribution in [0.5, 0.6) is 0 Å². The number of carbonyl (C=O) groups is 2. The third-order valence-corrected chi connectivity index (χ3v) is 4.56. The third-order valence-electron chi connectivity index (χ3n) is 3.39. The SMILES string of the molecule is COC(=O)c1c(NC(=O)C(F)(F)F)sc2c1CCC(C)C2. The molecule has 1 aliphatic carbocycles. The molecule has 1 atom stereocenters. The third kappa shape index (κ3) is 3.20. The standard InChI is InChI=1S/C13H14F3NO3S/c1-6-3-4-7-8(5-6)21-10(9(7)11(18)20-2)17-12(19)13(14,15)16/h6H,3-5H2,1-2H3,(H,17,19). The Bertz CT molecular complexity index is 580. The normalized spacial score (nSPS) is 18.0. The Balaban J connectivity index is 2.41. The second kappa shape index (κ2) is 5.67. The number of anilines is 1. The largest absolute Gasteiger partial charge is 0.471 e. The molecule has 4 nitrogen and oxygen atoms in total. The summed E-state index contributed by atoms with van der Waals surface area (Å²) >= 11 is 1.02. The summed E-state index contributed by atoms with van der Waals surface area (Å²) < 4.78 is 41.7. The van der Waals surface area contributed by atoms with E-state index < -0.39 is 18.1 Å². The summed E-state index contributed by atoms with van der Waals surface area (Å²) in [6.45, 7) is 2.04. The van der Waals surface area contributed by atoms with Crippen LogP contribution in [0.3, 0.4) is 0 Å². The van der Waals surface area contributed by atoms with Gasteiger partial charge in [0.2, 0.25) is 0 Å². The molecule has 21 heavy (non-hydrogen) atoms. The van der Waals surface area contributed by atoms with E-state index in [0.717, 1.165) is 29.7 Å². The molecule has 0 fully saturated rings. The number of ether oxygens (including phenoxy) is 1. The highest BCUT2D eigenvalue weighted by Gasteiger charge is 2.40. The van der Waals surface area contributed by atoms with Gasteiger partial charge in [0.1, 0.15) is 5.00 Å². The lowest BCUT2D eigenvalue weighted by atomic mass is 9.88. The van der Waals surface area contributed by atoms with Crippen LogP contribution in [-0.2, 0) is 22.4 Å². The average Bonchev–Trinajstić information content (AvgIpc) is 2.73. The first-order valence-electron chi connectivity index (χ1n) is 6.35. The number of fused-ring (bicyclic) bond motifs is 1. The molecule has 0 saturated heterocycles. The number of esters is 1. The summed E-state index contributed by atoms with van der Waals surface area (Å²) in [7, 11) is 1.16. The van der Waals surface area contributed by atoms with Gasteiger partial charge < -0.3 is 10.1 Å². The second-order valence-electron chi connectivity index (χ2n) is 5.00. The monoisotopic (exact) mass is 321 g/mol. The highest BCUT2D eigenvalue weighted by molar-refractivity contribution is 7.17. The average molecular weight is 321 g/mol. The van der Waals surface area contributed by atoms with Crippen molar-refractivity contribution in [3.8, 4) is 0 Å². The van der Waals surface area contributed by atoms with Crippen molar-refractivity contribution in [3.63, 3.8) is 0 Å². The highest BCUT2D eigenvalue weighted by atomic mass is 32.1. The van der Waals surface area contributed by atoms with Gasteiger partial charge in [0.15, 0.2) is 0 Å². The Hall–Kier alpha value is -1.57.